The molecule has 6 nitrogen and oxygen atoms in total. The zero-order chi connectivity index (χ0) is 17.1. The van der Waals surface area contributed by atoms with Gasteiger partial charge in [0, 0.05) is 31.9 Å². The number of rotatable bonds is 4. The highest BCUT2D eigenvalue weighted by atomic mass is 79.9. The maximum Gasteiger partial charge on any atom is 0.282 e. The summed E-state index contributed by atoms with van der Waals surface area (Å²) in [5.74, 6) is 0. The van der Waals surface area contributed by atoms with Crippen LogP contribution in [0.25, 0.3) is 0 Å². The van der Waals surface area contributed by atoms with Crippen molar-refractivity contribution >= 4 is 27.3 Å². The van der Waals surface area contributed by atoms with Gasteiger partial charge in [-0.25, -0.2) is 4.68 Å². The van der Waals surface area contributed by atoms with Crippen molar-refractivity contribution in [2.45, 2.75) is 13.0 Å². The Morgan fingerprint density at radius 1 is 1.25 bits per heavy atom. The van der Waals surface area contributed by atoms with Gasteiger partial charge in [0.25, 0.3) is 5.56 Å². The third-order valence-corrected chi connectivity index (χ3v) is 4.99. The van der Waals surface area contributed by atoms with Gasteiger partial charge in [0.1, 0.15) is 4.47 Å². The second kappa shape index (κ2) is 7.36. The molecule has 0 radical (unpaired) electrons. The fourth-order valence-corrected chi connectivity index (χ4v) is 3.20. The van der Waals surface area contributed by atoms with Gasteiger partial charge >= 0.3 is 0 Å². The fourth-order valence-electron chi connectivity index (χ4n) is 2.72. The highest BCUT2D eigenvalue weighted by Gasteiger charge is 2.13. The number of nitrogens with one attached hydrogen (secondary N) is 1. The number of aryl methyl sites for hydroxylation is 1. The Balaban J connectivity index is 1.72. The van der Waals surface area contributed by atoms with Gasteiger partial charge < -0.3 is 15.0 Å². The molecule has 1 N–H and O–H groups in total. The normalized spacial score (nSPS) is 16.0. The maximum absolute atomic E-state index is 11.9. The SMILES string of the molecule is CC(Nc1cnn(C)c(=O)c1Br)c1ccc(N2CCOCC2)cc1. The van der Waals surface area contributed by atoms with Crippen molar-refractivity contribution < 1.29 is 4.74 Å². The summed E-state index contributed by atoms with van der Waals surface area (Å²) in [4.78, 5) is 14.3. The van der Waals surface area contributed by atoms with Crippen molar-refractivity contribution in [2.24, 2.45) is 7.05 Å². The number of anilines is 2. The maximum atomic E-state index is 11.9. The molecule has 0 bridgehead atoms. The largest absolute Gasteiger partial charge is 0.378 e. The topological polar surface area (TPSA) is 59.4 Å². The van der Waals surface area contributed by atoms with Crippen molar-refractivity contribution in [1.82, 2.24) is 9.78 Å². The number of hydrogen-bond donors (Lipinski definition) is 1. The van der Waals surface area contributed by atoms with Crippen LogP contribution in [0, 0.1) is 0 Å². The summed E-state index contributed by atoms with van der Waals surface area (Å²) < 4.78 is 7.19. The van der Waals surface area contributed by atoms with Gasteiger partial charge in [0.2, 0.25) is 0 Å². The summed E-state index contributed by atoms with van der Waals surface area (Å²) in [6, 6.07) is 8.57. The van der Waals surface area contributed by atoms with Crippen LogP contribution in [0.3, 0.4) is 0 Å². The van der Waals surface area contributed by atoms with Gasteiger partial charge in [-0.1, -0.05) is 12.1 Å². The number of halogens is 1. The van der Waals surface area contributed by atoms with E-state index in [1.807, 2.05) is 0 Å². The molecular weight excluding hydrogens is 372 g/mol. The van der Waals surface area contributed by atoms with Crippen molar-refractivity contribution in [3.8, 4) is 0 Å². The first-order valence-corrected chi connectivity index (χ1v) is 8.76. The van der Waals surface area contributed by atoms with Crippen LogP contribution in [-0.2, 0) is 11.8 Å². The quantitative estimate of drug-likeness (QED) is 0.866. The minimum atomic E-state index is -0.158. The number of aromatic nitrogens is 2. The molecule has 0 aliphatic carbocycles. The molecule has 1 unspecified atom stereocenters. The number of nitrogens with zero attached hydrogens (tertiary/aromatic N) is 3. The first kappa shape index (κ1) is 17.0. The summed E-state index contributed by atoms with van der Waals surface area (Å²) >= 11 is 3.34. The molecule has 1 aliphatic rings. The van der Waals surface area contributed by atoms with Crippen LogP contribution < -0.4 is 15.8 Å². The van der Waals surface area contributed by atoms with Gasteiger partial charge in [-0.3, -0.25) is 4.79 Å². The average Bonchev–Trinajstić information content (AvgIpc) is 2.63. The number of morpholine rings is 1. The molecule has 128 valence electrons. The molecule has 0 amide bonds. The first-order valence-electron chi connectivity index (χ1n) is 7.97. The zero-order valence-corrected chi connectivity index (χ0v) is 15.4. The minimum Gasteiger partial charge on any atom is -0.378 e. The third kappa shape index (κ3) is 3.62. The molecule has 0 spiro atoms. The van der Waals surface area contributed by atoms with Crippen LogP contribution >= 0.6 is 15.9 Å². The summed E-state index contributed by atoms with van der Waals surface area (Å²) in [7, 11) is 1.63. The Morgan fingerprint density at radius 3 is 2.58 bits per heavy atom. The summed E-state index contributed by atoms with van der Waals surface area (Å²) in [5, 5.41) is 7.39. The van der Waals surface area contributed by atoms with E-state index in [4.69, 9.17) is 4.74 Å². The minimum absolute atomic E-state index is 0.0638. The van der Waals surface area contributed by atoms with Crippen molar-refractivity contribution in [2.75, 3.05) is 36.5 Å². The first-order chi connectivity index (χ1) is 11.6. The van der Waals surface area contributed by atoms with Crippen molar-refractivity contribution in [3.63, 3.8) is 0 Å². The summed E-state index contributed by atoms with van der Waals surface area (Å²) in [6.45, 7) is 5.49. The molecule has 2 aromatic rings. The molecule has 1 aromatic heterocycles. The van der Waals surface area contributed by atoms with E-state index in [1.165, 1.54) is 10.4 Å². The molecule has 1 aromatic carbocycles. The molecule has 3 rings (SSSR count). The molecule has 0 saturated carbocycles. The third-order valence-electron chi connectivity index (χ3n) is 4.22. The van der Waals surface area contributed by atoms with Crippen LogP contribution in [0.4, 0.5) is 11.4 Å². The van der Waals surface area contributed by atoms with E-state index in [0.29, 0.717) is 10.2 Å². The second-order valence-corrected chi connectivity index (χ2v) is 6.65. The van der Waals surface area contributed by atoms with Crippen LogP contribution in [0.5, 0.6) is 0 Å². The van der Waals surface area contributed by atoms with Crippen molar-refractivity contribution in [1.29, 1.82) is 0 Å². The van der Waals surface area contributed by atoms with Gasteiger partial charge in [-0.05, 0) is 40.5 Å². The lowest BCUT2D eigenvalue weighted by atomic mass is 10.1. The van der Waals surface area contributed by atoms with Gasteiger partial charge in [-0.15, -0.1) is 0 Å². The molecule has 1 aliphatic heterocycles. The predicted molar refractivity (Wildman–Crippen MR) is 98.7 cm³/mol. The second-order valence-electron chi connectivity index (χ2n) is 5.86. The summed E-state index contributed by atoms with van der Waals surface area (Å²) in [5.41, 5.74) is 2.91. The molecule has 1 saturated heterocycles. The lowest BCUT2D eigenvalue weighted by Crippen LogP contribution is -2.36. The van der Waals surface area contributed by atoms with E-state index in [2.05, 4.69) is 62.4 Å². The van der Waals surface area contributed by atoms with E-state index in [9.17, 15) is 4.79 Å². The Hall–Kier alpha value is -1.86. The average molecular weight is 393 g/mol. The molecular formula is C17H21BrN4O2. The van der Waals surface area contributed by atoms with Crippen LogP contribution in [0.2, 0.25) is 0 Å². The summed E-state index contributed by atoms with van der Waals surface area (Å²) in [6.07, 6.45) is 1.66. The molecule has 1 fully saturated rings. The number of hydrogen-bond acceptors (Lipinski definition) is 5. The predicted octanol–water partition coefficient (Wildman–Crippen LogP) is 2.55. The van der Waals surface area contributed by atoms with E-state index < -0.39 is 0 Å². The van der Waals surface area contributed by atoms with Crippen molar-refractivity contribution in [3.05, 3.63) is 50.9 Å². The lowest BCUT2D eigenvalue weighted by Gasteiger charge is -2.29. The van der Waals surface area contributed by atoms with Gasteiger partial charge in [-0.2, -0.15) is 5.10 Å². The highest BCUT2D eigenvalue weighted by Crippen LogP contribution is 2.25. The molecule has 2 heterocycles. The van der Waals surface area contributed by atoms with Crippen LogP contribution in [0.1, 0.15) is 18.5 Å². The van der Waals surface area contributed by atoms with Crippen LogP contribution in [-0.4, -0.2) is 36.1 Å². The lowest BCUT2D eigenvalue weighted by molar-refractivity contribution is 0.122. The number of ether oxygens (including phenoxy) is 1. The Kier molecular flexibility index (Phi) is 5.20. The Bertz CT molecular complexity index is 754. The van der Waals surface area contributed by atoms with E-state index in [-0.39, 0.29) is 11.6 Å². The standard InChI is InChI=1S/C17H21BrN4O2/c1-12(20-15-11-19-21(2)17(23)16(15)18)13-3-5-14(6-4-13)22-7-9-24-10-8-22/h3-6,11-12,20H,7-10H2,1-2H3. The van der Waals surface area contributed by atoms with Gasteiger partial charge in [0.05, 0.1) is 25.1 Å². The zero-order valence-electron chi connectivity index (χ0n) is 13.8. The molecule has 1 atom stereocenters. The number of benzene rings is 1. The highest BCUT2D eigenvalue weighted by molar-refractivity contribution is 9.10. The van der Waals surface area contributed by atoms with E-state index >= 15 is 0 Å². The fraction of sp³-hybridized carbons (Fsp3) is 0.412. The van der Waals surface area contributed by atoms with E-state index in [0.717, 1.165) is 31.9 Å². The smallest absolute Gasteiger partial charge is 0.282 e. The van der Waals surface area contributed by atoms with Gasteiger partial charge in [0.15, 0.2) is 0 Å². The molecule has 7 heteroatoms. The Morgan fingerprint density at radius 2 is 1.92 bits per heavy atom. The Labute approximate surface area is 149 Å². The molecule has 24 heavy (non-hydrogen) atoms. The monoisotopic (exact) mass is 392 g/mol. The van der Waals surface area contributed by atoms with E-state index in [1.54, 1.807) is 13.2 Å². The van der Waals surface area contributed by atoms with Crippen LogP contribution in [0.15, 0.2) is 39.7 Å².